The van der Waals surface area contributed by atoms with E-state index in [9.17, 15) is 8.42 Å². The lowest BCUT2D eigenvalue weighted by atomic mass is 10.2. The molecule has 0 aliphatic rings. The molecule has 0 unspecified atom stereocenters. The molecule has 0 bridgehead atoms. The number of nitrogens with zero attached hydrogens (tertiary/aromatic N) is 2. The summed E-state index contributed by atoms with van der Waals surface area (Å²) in [6.45, 7) is 3.58. The predicted octanol–water partition coefficient (Wildman–Crippen LogP) is 1.87. The van der Waals surface area contributed by atoms with Crippen molar-refractivity contribution in [2.24, 2.45) is 4.99 Å². The minimum absolute atomic E-state index is 0.502. The van der Waals surface area contributed by atoms with E-state index in [-0.39, 0.29) is 0 Å². The number of para-hydroxylation sites is 1. The standard InChI is InChI=1S/C15H26N4O2S/c1-5-6-11-19(3)15(16-2)17-12-13-9-7-8-10-14(13)18-22(4,20)21/h7-10,18H,5-6,11-12H2,1-4H3,(H,16,17). The van der Waals surface area contributed by atoms with Crippen molar-refractivity contribution in [3.8, 4) is 0 Å². The second-order valence-electron chi connectivity index (χ2n) is 5.21. The maximum atomic E-state index is 11.4. The summed E-state index contributed by atoms with van der Waals surface area (Å²) in [5.41, 5.74) is 1.46. The summed E-state index contributed by atoms with van der Waals surface area (Å²) in [5, 5.41) is 3.26. The topological polar surface area (TPSA) is 73.8 Å². The summed E-state index contributed by atoms with van der Waals surface area (Å²) in [6.07, 6.45) is 3.38. The maximum absolute atomic E-state index is 11.4. The van der Waals surface area contributed by atoms with Crippen LogP contribution in [0.5, 0.6) is 0 Å². The number of anilines is 1. The molecule has 0 spiro atoms. The number of benzene rings is 1. The van der Waals surface area contributed by atoms with E-state index in [1.807, 2.05) is 19.2 Å². The summed E-state index contributed by atoms with van der Waals surface area (Å²) in [7, 11) is 0.443. The van der Waals surface area contributed by atoms with Gasteiger partial charge in [-0.05, 0) is 18.1 Å². The molecule has 0 saturated carbocycles. The molecular weight excluding hydrogens is 300 g/mol. The monoisotopic (exact) mass is 326 g/mol. The maximum Gasteiger partial charge on any atom is 0.229 e. The third-order valence-corrected chi connectivity index (χ3v) is 3.76. The summed E-state index contributed by atoms with van der Waals surface area (Å²) in [4.78, 5) is 6.32. The second-order valence-corrected chi connectivity index (χ2v) is 6.96. The van der Waals surface area contributed by atoms with E-state index in [2.05, 4.69) is 26.9 Å². The van der Waals surface area contributed by atoms with Crippen molar-refractivity contribution in [2.45, 2.75) is 26.3 Å². The Bertz CT molecular complexity index is 599. The number of unbranched alkanes of at least 4 members (excludes halogenated alkanes) is 1. The Kier molecular flexibility index (Phi) is 7.17. The Morgan fingerprint density at radius 1 is 1.32 bits per heavy atom. The fraction of sp³-hybridized carbons (Fsp3) is 0.533. The van der Waals surface area contributed by atoms with Gasteiger partial charge in [0.2, 0.25) is 10.0 Å². The fourth-order valence-corrected chi connectivity index (χ4v) is 2.63. The van der Waals surface area contributed by atoms with Gasteiger partial charge >= 0.3 is 0 Å². The van der Waals surface area contributed by atoms with Gasteiger partial charge in [0.1, 0.15) is 0 Å². The molecule has 22 heavy (non-hydrogen) atoms. The largest absolute Gasteiger partial charge is 0.352 e. The third-order valence-electron chi connectivity index (χ3n) is 3.17. The Hall–Kier alpha value is -1.76. The number of aliphatic imine (C=N–C) groups is 1. The van der Waals surface area contributed by atoms with Gasteiger partial charge in [-0.15, -0.1) is 0 Å². The smallest absolute Gasteiger partial charge is 0.229 e. The Labute approximate surface area is 133 Å². The SMILES string of the molecule is CCCCN(C)C(=NC)NCc1ccccc1NS(C)(=O)=O. The van der Waals surface area contributed by atoms with Crippen molar-refractivity contribution < 1.29 is 8.42 Å². The number of rotatable bonds is 7. The van der Waals surface area contributed by atoms with Crippen molar-refractivity contribution in [1.82, 2.24) is 10.2 Å². The molecule has 1 aromatic rings. The van der Waals surface area contributed by atoms with E-state index in [1.54, 1.807) is 19.2 Å². The van der Waals surface area contributed by atoms with Crippen LogP contribution in [-0.2, 0) is 16.6 Å². The lowest BCUT2D eigenvalue weighted by Gasteiger charge is -2.22. The van der Waals surface area contributed by atoms with Crippen molar-refractivity contribution in [2.75, 3.05) is 31.6 Å². The van der Waals surface area contributed by atoms with Crippen molar-refractivity contribution in [3.05, 3.63) is 29.8 Å². The highest BCUT2D eigenvalue weighted by atomic mass is 32.2. The molecular formula is C15H26N4O2S. The van der Waals surface area contributed by atoms with Gasteiger partial charge in [-0.3, -0.25) is 9.71 Å². The van der Waals surface area contributed by atoms with Gasteiger partial charge in [0.15, 0.2) is 5.96 Å². The van der Waals surface area contributed by atoms with E-state index in [1.165, 1.54) is 0 Å². The average molecular weight is 326 g/mol. The Balaban J connectivity index is 2.75. The molecule has 0 heterocycles. The van der Waals surface area contributed by atoms with Gasteiger partial charge in [-0.2, -0.15) is 0 Å². The number of sulfonamides is 1. The molecule has 0 fully saturated rings. The van der Waals surface area contributed by atoms with E-state index in [4.69, 9.17) is 0 Å². The van der Waals surface area contributed by atoms with Gasteiger partial charge in [0, 0.05) is 27.2 Å². The molecule has 0 radical (unpaired) electrons. The van der Waals surface area contributed by atoms with Crippen LogP contribution in [-0.4, -0.2) is 46.2 Å². The molecule has 0 amide bonds. The minimum Gasteiger partial charge on any atom is -0.352 e. The van der Waals surface area contributed by atoms with Crippen LogP contribution in [0.2, 0.25) is 0 Å². The summed E-state index contributed by atoms with van der Waals surface area (Å²) >= 11 is 0. The highest BCUT2D eigenvalue weighted by molar-refractivity contribution is 7.92. The zero-order valence-corrected chi connectivity index (χ0v) is 14.6. The highest BCUT2D eigenvalue weighted by Crippen LogP contribution is 2.16. The van der Waals surface area contributed by atoms with Crippen LogP contribution in [0, 0.1) is 0 Å². The van der Waals surface area contributed by atoms with Gasteiger partial charge < -0.3 is 10.2 Å². The molecule has 2 N–H and O–H groups in total. The predicted molar refractivity (Wildman–Crippen MR) is 92.6 cm³/mol. The molecule has 0 atom stereocenters. The molecule has 0 saturated heterocycles. The molecule has 6 nitrogen and oxygen atoms in total. The molecule has 124 valence electrons. The van der Waals surface area contributed by atoms with Crippen LogP contribution in [0.1, 0.15) is 25.3 Å². The van der Waals surface area contributed by atoms with Gasteiger partial charge in [-0.1, -0.05) is 31.5 Å². The van der Waals surface area contributed by atoms with Crippen LogP contribution in [0.4, 0.5) is 5.69 Å². The lowest BCUT2D eigenvalue weighted by Crippen LogP contribution is -2.39. The van der Waals surface area contributed by atoms with Crippen LogP contribution >= 0.6 is 0 Å². The quantitative estimate of drug-likeness (QED) is 0.592. The van der Waals surface area contributed by atoms with Gasteiger partial charge in [0.05, 0.1) is 11.9 Å². The zero-order chi connectivity index (χ0) is 16.6. The van der Waals surface area contributed by atoms with Gasteiger partial charge in [-0.25, -0.2) is 8.42 Å². The van der Waals surface area contributed by atoms with Crippen molar-refractivity contribution in [1.29, 1.82) is 0 Å². The third kappa shape index (κ3) is 6.34. The zero-order valence-electron chi connectivity index (χ0n) is 13.8. The average Bonchev–Trinajstić information content (AvgIpc) is 2.45. The van der Waals surface area contributed by atoms with E-state index in [0.717, 1.165) is 37.2 Å². The number of nitrogens with one attached hydrogen (secondary N) is 2. The summed E-state index contributed by atoms with van der Waals surface area (Å²) < 4.78 is 25.4. The first kappa shape index (κ1) is 18.3. The number of hydrogen-bond donors (Lipinski definition) is 2. The van der Waals surface area contributed by atoms with Crippen LogP contribution in [0.3, 0.4) is 0 Å². The van der Waals surface area contributed by atoms with E-state index >= 15 is 0 Å². The second kappa shape index (κ2) is 8.63. The first-order valence-electron chi connectivity index (χ1n) is 7.35. The highest BCUT2D eigenvalue weighted by Gasteiger charge is 2.09. The molecule has 1 aromatic carbocycles. The molecule has 1 rings (SSSR count). The van der Waals surface area contributed by atoms with E-state index in [0.29, 0.717) is 12.2 Å². The Morgan fingerprint density at radius 3 is 2.59 bits per heavy atom. The van der Waals surface area contributed by atoms with E-state index < -0.39 is 10.0 Å². The minimum atomic E-state index is -3.29. The van der Waals surface area contributed by atoms with Crippen molar-refractivity contribution >= 4 is 21.7 Å². The van der Waals surface area contributed by atoms with Crippen LogP contribution in [0.15, 0.2) is 29.3 Å². The van der Waals surface area contributed by atoms with Crippen LogP contribution in [0.25, 0.3) is 0 Å². The Morgan fingerprint density at radius 2 is 2.00 bits per heavy atom. The summed E-state index contributed by atoms with van der Waals surface area (Å²) in [5.74, 6) is 0.794. The molecule has 0 aliphatic carbocycles. The lowest BCUT2D eigenvalue weighted by molar-refractivity contribution is 0.464. The number of guanidine groups is 1. The molecule has 7 heteroatoms. The first-order valence-corrected chi connectivity index (χ1v) is 9.24. The normalized spacial score (nSPS) is 12.1. The fourth-order valence-electron chi connectivity index (χ4n) is 2.03. The molecule has 0 aliphatic heterocycles. The summed E-state index contributed by atoms with van der Waals surface area (Å²) in [6, 6.07) is 7.33. The molecule has 0 aromatic heterocycles. The van der Waals surface area contributed by atoms with Gasteiger partial charge in [0.25, 0.3) is 0 Å². The van der Waals surface area contributed by atoms with Crippen molar-refractivity contribution in [3.63, 3.8) is 0 Å². The number of hydrogen-bond acceptors (Lipinski definition) is 3. The first-order chi connectivity index (χ1) is 10.4. The van der Waals surface area contributed by atoms with Crippen LogP contribution < -0.4 is 10.0 Å².